The van der Waals surface area contributed by atoms with E-state index in [9.17, 15) is 0 Å². The summed E-state index contributed by atoms with van der Waals surface area (Å²) in [6.45, 7) is 5.38. The van der Waals surface area contributed by atoms with Gasteiger partial charge >= 0.3 is 0 Å². The van der Waals surface area contributed by atoms with Gasteiger partial charge in [0.25, 0.3) is 0 Å². The maximum Gasteiger partial charge on any atom is 0.0536 e. The van der Waals surface area contributed by atoms with Crippen LogP contribution >= 0.6 is 0 Å². The second-order valence-corrected chi connectivity index (χ2v) is 5.35. The van der Waals surface area contributed by atoms with Crippen molar-refractivity contribution in [3.63, 3.8) is 0 Å². The number of hydrogen-bond acceptors (Lipinski definition) is 3. The zero-order valence-electron chi connectivity index (χ0n) is 13.7. The van der Waals surface area contributed by atoms with Crippen LogP contribution in [0.3, 0.4) is 0 Å². The predicted molar refractivity (Wildman–Crippen MR) is 90.2 cm³/mol. The van der Waals surface area contributed by atoms with Crippen LogP contribution in [0.4, 0.5) is 0 Å². The van der Waals surface area contributed by atoms with E-state index in [0.717, 1.165) is 11.3 Å². The number of aliphatic hydroxyl groups is 2. The molecule has 0 fully saturated rings. The minimum atomic E-state index is -0.375. The molecule has 0 saturated carbocycles. The molecule has 127 valence electrons. The number of aromatic nitrogens is 1. The fraction of sp³-hybridized carbons (Fsp3) is 0.316. The molecule has 2 atom stereocenters. The molecule has 2 aromatic rings. The smallest absolute Gasteiger partial charge is 0.0536 e. The Morgan fingerprint density at radius 3 is 2.17 bits per heavy atom. The van der Waals surface area contributed by atoms with Crippen LogP contribution in [0.15, 0.2) is 48.7 Å². The normalized spacial score (nSPS) is 12.7. The zero-order valence-corrected chi connectivity index (χ0v) is 16.1. The summed E-state index contributed by atoms with van der Waals surface area (Å²) in [6.07, 6.45) is 6.64. The van der Waals surface area contributed by atoms with Crippen LogP contribution in [0, 0.1) is 13.0 Å². The Kier molecular flexibility index (Phi) is 11.4. The molecule has 0 aliphatic rings. The molecular weight excluding hydrogens is 466 g/mol. The number of pyridine rings is 1. The molecule has 1 aromatic heterocycles. The Bertz CT molecular complexity index is 563. The van der Waals surface area contributed by atoms with E-state index in [1.807, 2.05) is 54.7 Å². The SMILES string of the molecule is CC(O)CC(C)O.Cc1ccnc(C=[C-]c2ccccc2)c1.[Ir]. The van der Waals surface area contributed by atoms with Crippen molar-refractivity contribution in [2.45, 2.75) is 39.4 Å². The van der Waals surface area contributed by atoms with Crippen molar-refractivity contribution in [2.75, 3.05) is 0 Å². The molecule has 1 aromatic carbocycles. The fourth-order valence-corrected chi connectivity index (χ4v) is 1.82. The van der Waals surface area contributed by atoms with E-state index in [4.69, 9.17) is 10.2 Å². The minimum absolute atomic E-state index is 0. The van der Waals surface area contributed by atoms with E-state index in [2.05, 4.69) is 18.0 Å². The van der Waals surface area contributed by atoms with Gasteiger partial charge in [0.1, 0.15) is 0 Å². The molecule has 0 aliphatic carbocycles. The first kappa shape index (κ1) is 21.7. The zero-order chi connectivity index (χ0) is 16.4. The minimum Gasteiger partial charge on any atom is -0.393 e. The van der Waals surface area contributed by atoms with Crippen LogP contribution < -0.4 is 0 Å². The van der Waals surface area contributed by atoms with Gasteiger partial charge < -0.3 is 15.2 Å². The molecular formula is C19H24IrNO2-. The van der Waals surface area contributed by atoms with Gasteiger partial charge in [-0.3, -0.25) is 0 Å². The molecule has 0 saturated heterocycles. The van der Waals surface area contributed by atoms with Crippen molar-refractivity contribution < 1.29 is 30.3 Å². The average Bonchev–Trinajstić information content (AvgIpc) is 2.45. The van der Waals surface area contributed by atoms with Crippen LogP contribution in [-0.4, -0.2) is 27.4 Å². The van der Waals surface area contributed by atoms with Crippen LogP contribution in [0.5, 0.6) is 0 Å². The molecule has 0 bridgehead atoms. The fourth-order valence-electron chi connectivity index (χ4n) is 1.82. The van der Waals surface area contributed by atoms with Crippen molar-refractivity contribution in [2.24, 2.45) is 0 Å². The third-order valence-corrected chi connectivity index (χ3v) is 2.78. The number of hydrogen-bond donors (Lipinski definition) is 2. The molecule has 2 N–H and O–H groups in total. The van der Waals surface area contributed by atoms with Gasteiger partial charge in [-0.1, -0.05) is 17.7 Å². The van der Waals surface area contributed by atoms with E-state index in [-0.39, 0.29) is 32.3 Å². The number of nitrogens with zero attached hydrogens (tertiary/aromatic N) is 1. The molecule has 2 rings (SSSR count). The predicted octanol–water partition coefficient (Wildman–Crippen LogP) is 3.39. The van der Waals surface area contributed by atoms with Gasteiger partial charge in [-0.05, 0) is 39.0 Å². The van der Waals surface area contributed by atoms with Crippen LogP contribution in [0.1, 0.15) is 37.1 Å². The first-order chi connectivity index (χ1) is 10.5. The van der Waals surface area contributed by atoms with Gasteiger partial charge in [-0.2, -0.15) is 0 Å². The number of aliphatic hydroxyl groups excluding tert-OH is 2. The first-order valence-electron chi connectivity index (χ1n) is 7.41. The summed E-state index contributed by atoms with van der Waals surface area (Å²) in [5.41, 5.74) is 3.23. The monoisotopic (exact) mass is 491 g/mol. The standard InChI is InChI=1S/C14H12N.C5H12O2.Ir/c1-12-9-10-15-14(11-12)8-7-13-5-3-2-4-6-13;1-4(6)3-5(2)7;/h2-6,8-11H,1H3;4-7H,3H2,1-2H3;/q-1;;. The molecule has 1 radical (unpaired) electrons. The Morgan fingerprint density at radius 2 is 1.70 bits per heavy atom. The molecule has 3 nitrogen and oxygen atoms in total. The molecule has 2 unspecified atom stereocenters. The van der Waals surface area contributed by atoms with E-state index in [1.165, 1.54) is 5.56 Å². The van der Waals surface area contributed by atoms with Crippen molar-refractivity contribution in [1.29, 1.82) is 0 Å². The number of benzene rings is 1. The summed E-state index contributed by atoms with van der Waals surface area (Å²) >= 11 is 0. The second-order valence-electron chi connectivity index (χ2n) is 5.35. The number of aryl methyl sites for hydroxylation is 1. The largest absolute Gasteiger partial charge is 0.393 e. The van der Waals surface area contributed by atoms with E-state index in [1.54, 1.807) is 13.8 Å². The van der Waals surface area contributed by atoms with Crippen LogP contribution in [0.2, 0.25) is 0 Å². The van der Waals surface area contributed by atoms with Crippen LogP contribution in [-0.2, 0) is 20.1 Å². The Balaban J connectivity index is 0.000000522. The summed E-state index contributed by atoms with van der Waals surface area (Å²) in [5.74, 6) is 0. The third-order valence-electron chi connectivity index (χ3n) is 2.78. The van der Waals surface area contributed by atoms with Crippen LogP contribution in [0.25, 0.3) is 6.08 Å². The Morgan fingerprint density at radius 1 is 1.09 bits per heavy atom. The second kappa shape index (κ2) is 12.1. The molecule has 23 heavy (non-hydrogen) atoms. The molecule has 0 aliphatic heterocycles. The quantitative estimate of drug-likeness (QED) is 0.646. The van der Waals surface area contributed by atoms with E-state index in [0.29, 0.717) is 6.42 Å². The summed E-state index contributed by atoms with van der Waals surface area (Å²) in [6, 6.07) is 14.1. The molecule has 0 amide bonds. The summed E-state index contributed by atoms with van der Waals surface area (Å²) in [4.78, 5) is 4.24. The third kappa shape index (κ3) is 10.9. The topological polar surface area (TPSA) is 53.4 Å². The van der Waals surface area contributed by atoms with Crippen molar-refractivity contribution in [3.05, 3.63) is 71.6 Å². The van der Waals surface area contributed by atoms with Gasteiger partial charge in [0, 0.05) is 26.3 Å². The van der Waals surface area contributed by atoms with Gasteiger partial charge in [0.05, 0.1) is 12.2 Å². The summed E-state index contributed by atoms with van der Waals surface area (Å²) in [5, 5.41) is 17.1. The summed E-state index contributed by atoms with van der Waals surface area (Å²) < 4.78 is 0. The Hall–Kier alpha value is -1.32. The van der Waals surface area contributed by atoms with Gasteiger partial charge in [-0.15, -0.1) is 42.0 Å². The number of rotatable bonds is 4. The average molecular weight is 491 g/mol. The van der Waals surface area contributed by atoms with Gasteiger partial charge in [0.2, 0.25) is 0 Å². The maximum atomic E-state index is 8.56. The van der Waals surface area contributed by atoms with Gasteiger partial charge in [-0.25, -0.2) is 0 Å². The molecule has 1 heterocycles. The molecule has 0 spiro atoms. The van der Waals surface area contributed by atoms with E-state index >= 15 is 0 Å². The van der Waals surface area contributed by atoms with Crippen molar-refractivity contribution in [1.82, 2.24) is 4.98 Å². The van der Waals surface area contributed by atoms with Gasteiger partial charge in [0.15, 0.2) is 0 Å². The maximum absolute atomic E-state index is 8.56. The van der Waals surface area contributed by atoms with Crippen molar-refractivity contribution in [3.8, 4) is 0 Å². The summed E-state index contributed by atoms with van der Waals surface area (Å²) in [7, 11) is 0. The van der Waals surface area contributed by atoms with E-state index < -0.39 is 0 Å². The molecule has 4 heteroatoms. The van der Waals surface area contributed by atoms with Crippen molar-refractivity contribution >= 4 is 6.08 Å². The Labute approximate surface area is 152 Å². The first-order valence-corrected chi connectivity index (χ1v) is 7.41.